The number of nitrogens with zero attached hydrogens (tertiary/aromatic N) is 3. The van der Waals surface area contributed by atoms with Gasteiger partial charge in [-0.1, -0.05) is 59.9 Å². The number of fused-ring (bicyclic) bond motifs is 3. The molecule has 2 aromatic carbocycles. The maximum atomic E-state index is 12.9. The van der Waals surface area contributed by atoms with Crippen molar-refractivity contribution >= 4 is 33.7 Å². The Hall–Kier alpha value is -3.51. The first kappa shape index (κ1) is 15.7. The molecule has 0 saturated carbocycles. The molecular weight excluding hydrogens is 356 g/mol. The molecule has 130 valence electrons. The molecule has 3 heterocycles. The first-order valence-electron chi connectivity index (χ1n) is 8.49. The third kappa shape index (κ3) is 2.67. The van der Waals surface area contributed by atoms with Crippen LogP contribution < -0.4 is 10.4 Å². The molecule has 5 aromatic rings. The van der Waals surface area contributed by atoms with Gasteiger partial charge >= 0.3 is 0 Å². The normalized spacial score (nSPS) is 12.1. The summed E-state index contributed by atoms with van der Waals surface area (Å²) in [7, 11) is 0. The maximum Gasteiger partial charge on any atom is 0.274 e. The SMILES string of the molecule is O=c1[nH]c2ccccc2n2/c(=N/c3ccccn3)sc(-c3ccccc3)c12. The van der Waals surface area contributed by atoms with Gasteiger partial charge < -0.3 is 4.98 Å². The van der Waals surface area contributed by atoms with Crippen molar-refractivity contribution in [3.8, 4) is 10.4 Å². The molecular formula is C21H14N4OS. The van der Waals surface area contributed by atoms with Gasteiger partial charge in [0.2, 0.25) is 0 Å². The fraction of sp³-hybridized carbons (Fsp3) is 0. The third-order valence-corrected chi connectivity index (χ3v) is 5.42. The van der Waals surface area contributed by atoms with Crippen LogP contribution in [0.15, 0.2) is 88.8 Å². The van der Waals surface area contributed by atoms with Gasteiger partial charge in [0.05, 0.1) is 15.9 Å². The molecule has 3 aromatic heterocycles. The molecule has 0 atom stereocenters. The highest BCUT2D eigenvalue weighted by molar-refractivity contribution is 7.13. The van der Waals surface area contributed by atoms with Crippen LogP contribution in [0.1, 0.15) is 0 Å². The second-order valence-electron chi connectivity index (χ2n) is 6.03. The van der Waals surface area contributed by atoms with Crippen LogP contribution in [0.5, 0.6) is 0 Å². The Bertz CT molecular complexity index is 1380. The van der Waals surface area contributed by atoms with Gasteiger partial charge in [0.25, 0.3) is 5.56 Å². The van der Waals surface area contributed by atoms with Crippen molar-refractivity contribution in [2.24, 2.45) is 4.99 Å². The molecule has 0 aliphatic heterocycles. The Labute approximate surface area is 157 Å². The van der Waals surface area contributed by atoms with Gasteiger partial charge in [-0.05, 0) is 29.8 Å². The number of rotatable bonds is 2. The number of benzene rings is 2. The van der Waals surface area contributed by atoms with Gasteiger partial charge in [-0.15, -0.1) is 0 Å². The predicted octanol–water partition coefficient (Wildman–Crippen LogP) is 4.14. The lowest BCUT2D eigenvalue weighted by atomic mass is 10.2. The molecule has 5 rings (SSSR count). The van der Waals surface area contributed by atoms with Crippen LogP contribution in [0, 0.1) is 0 Å². The quantitative estimate of drug-likeness (QED) is 0.508. The molecule has 0 spiro atoms. The fourth-order valence-electron chi connectivity index (χ4n) is 3.14. The number of H-pyrrole nitrogens is 1. The first-order chi connectivity index (χ1) is 13.3. The number of aromatic amines is 1. The lowest BCUT2D eigenvalue weighted by Gasteiger charge is -2.03. The summed E-state index contributed by atoms with van der Waals surface area (Å²) in [5.41, 5.74) is 3.13. The Balaban J connectivity index is 1.98. The Morgan fingerprint density at radius 2 is 1.70 bits per heavy atom. The largest absolute Gasteiger partial charge is 0.319 e. The van der Waals surface area contributed by atoms with E-state index < -0.39 is 0 Å². The van der Waals surface area contributed by atoms with Crippen molar-refractivity contribution in [2.75, 3.05) is 0 Å². The van der Waals surface area contributed by atoms with Gasteiger partial charge in [0.15, 0.2) is 10.6 Å². The standard InChI is InChI=1S/C21H14N4OS/c26-20-18-19(14-8-2-1-3-9-14)27-21(24-17-12-6-7-13-22-17)25(18)16-11-5-4-10-15(16)23-20/h1-13H,(H,23,26)/b24-21-. The van der Waals surface area contributed by atoms with E-state index in [9.17, 15) is 4.79 Å². The van der Waals surface area contributed by atoms with E-state index in [1.807, 2.05) is 77.2 Å². The molecule has 27 heavy (non-hydrogen) atoms. The molecule has 0 radical (unpaired) electrons. The molecule has 0 aliphatic rings. The topological polar surface area (TPSA) is 62.5 Å². The van der Waals surface area contributed by atoms with Crippen LogP contribution in [-0.2, 0) is 0 Å². The summed E-state index contributed by atoms with van der Waals surface area (Å²) in [6.07, 6.45) is 1.71. The zero-order valence-corrected chi connectivity index (χ0v) is 15.0. The van der Waals surface area contributed by atoms with Gasteiger partial charge in [-0.25, -0.2) is 9.98 Å². The van der Waals surface area contributed by atoms with Crippen molar-refractivity contribution in [2.45, 2.75) is 0 Å². The van der Waals surface area contributed by atoms with Gasteiger partial charge in [-0.3, -0.25) is 9.20 Å². The van der Waals surface area contributed by atoms with E-state index in [-0.39, 0.29) is 5.56 Å². The van der Waals surface area contributed by atoms with Gasteiger partial charge in [0.1, 0.15) is 5.52 Å². The van der Waals surface area contributed by atoms with Crippen molar-refractivity contribution in [1.82, 2.24) is 14.4 Å². The second kappa shape index (κ2) is 6.34. The second-order valence-corrected chi connectivity index (χ2v) is 7.01. The van der Waals surface area contributed by atoms with Crippen LogP contribution in [0.2, 0.25) is 0 Å². The van der Waals surface area contributed by atoms with E-state index in [0.717, 1.165) is 21.5 Å². The molecule has 0 fully saturated rings. The van der Waals surface area contributed by atoms with Gasteiger partial charge in [-0.2, -0.15) is 0 Å². The summed E-state index contributed by atoms with van der Waals surface area (Å²) in [6.45, 7) is 0. The lowest BCUT2D eigenvalue weighted by molar-refractivity contribution is 1.10. The zero-order chi connectivity index (χ0) is 18.2. The minimum absolute atomic E-state index is 0.133. The molecule has 0 bridgehead atoms. The van der Waals surface area contributed by atoms with Crippen LogP contribution >= 0.6 is 11.3 Å². The van der Waals surface area contributed by atoms with Crippen LogP contribution in [-0.4, -0.2) is 14.4 Å². The third-order valence-electron chi connectivity index (χ3n) is 4.33. The summed E-state index contributed by atoms with van der Waals surface area (Å²) < 4.78 is 1.93. The minimum atomic E-state index is -0.133. The van der Waals surface area contributed by atoms with Crippen LogP contribution in [0.4, 0.5) is 5.82 Å². The van der Waals surface area contributed by atoms with E-state index >= 15 is 0 Å². The Morgan fingerprint density at radius 1 is 0.926 bits per heavy atom. The molecule has 0 aliphatic carbocycles. The molecule has 5 nitrogen and oxygen atoms in total. The highest BCUT2D eigenvalue weighted by Gasteiger charge is 2.15. The summed E-state index contributed by atoms with van der Waals surface area (Å²) in [5, 5.41) is 0. The average molecular weight is 370 g/mol. The maximum absolute atomic E-state index is 12.9. The van der Waals surface area contributed by atoms with Gasteiger partial charge in [0, 0.05) is 6.20 Å². The molecule has 1 N–H and O–H groups in total. The first-order valence-corrected chi connectivity index (χ1v) is 9.31. The molecule has 0 unspecified atom stereocenters. The van der Waals surface area contributed by atoms with Crippen molar-refractivity contribution < 1.29 is 0 Å². The monoisotopic (exact) mass is 370 g/mol. The number of hydrogen-bond acceptors (Lipinski definition) is 4. The highest BCUT2D eigenvalue weighted by atomic mass is 32.1. The van der Waals surface area contributed by atoms with E-state index in [1.54, 1.807) is 6.20 Å². The highest BCUT2D eigenvalue weighted by Crippen LogP contribution is 2.27. The molecule has 6 heteroatoms. The van der Waals surface area contributed by atoms with E-state index in [2.05, 4.69) is 9.97 Å². The molecule has 0 amide bonds. The number of aromatic nitrogens is 3. The zero-order valence-electron chi connectivity index (χ0n) is 14.2. The summed E-state index contributed by atoms with van der Waals surface area (Å²) in [6, 6.07) is 23.3. The number of thiazole rings is 1. The summed E-state index contributed by atoms with van der Waals surface area (Å²) >= 11 is 1.49. The predicted molar refractivity (Wildman–Crippen MR) is 108 cm³/mol. The number of pyridine rings is 1. The Morgan fingerprint density at radius 3 is 2.52 bits per heavy atom. The van der Waals surface area contributed by atoms with Crippen molar-refractivity contribution in [3.05, 3.63) is 94.1 Å². The minimum Gasteiger partial charge on any atom is -0.319 e. The van der Waals surface area contributed by atoms with E-state index in [4.69, 9.17) is 4.99 Å². The van der Waals surface area contributed by atoms with Crippen molar-refractivity contribution in [3.63, 3.8) is 0 Å². The van der Waals surface area contributed by atoms with E-state index in [1.165, 1.54) is 11.3 Å². The van der Waals surface area contributed by atoms with E-state index in [0.29, 0.717) is 16.1 Å². The summed E-state index contributed by atoms with van der Waals surface area (Å²) in [4.78, 5) is 26.5. The fourth-order valence-corrected chi connectivity index (χ4v) is 4.28. The molecule has 0 saturated heterocycles. The van der Waals surface area contributed by atoms with Crippen LogP contribution in [0.25, 0.3) is 27.0 Å². The lowest BCUT2D eigenvalue weighted by Crippen LogP contribution is -2.16. The van der Waals surface area contributed by atoms with Crippen molar-refractivity contribution in [1.29, 1.82) is 0 Å². The average Bonchev–Trinajstić information content (AvgIpc) is 3.10. The number of hydrogen-bond donors (Lipinski definition) is 1. The smallest absolute Gasteiger partial charge is 0.274 e. The van der Waals surface area contributed by atoms with Crippen LogP contribution in [0.3, 0.4) is 0 Å². The summed E-state index contributed by atoms with van der Waals surface area (Å²) in [5.74, 6) is 0.608. The number of nitrogens with one attached hydrogen (secondary N) is 1. The number of para-hydroxylation sites is 2. The Kier molecular flexibility index (Phi) is 3.69.